The lowest BCUT2D eigenvalue weighted by Gasteiger charge is -2.26. The molecule has 0 atom stereocenters. The van der Waals surface area contributed by atoms with Crippen LogP contribution in [0.5, 0.6) is 0 Å². The fraction of sp³-hybridized carbons (Fsp3) is 0.148. The maximum atomic E-state index is 13.8. The molecule has 184 valence electrons. The Morgan fingerprint density at radius 3 is 2.36 bits per heavy atom. The molecule has 9 heteroatoms. The summed E-state index contributed by atoms with van der Waals surface area (Å²) in [6.45, 7) is 3.46. The largest absolute Gasteiger partial charge is 0.327 e. The van der Waals surface area contributed by atoms with Crippen molar-refractivity contribution in [1.82, 2.24) is 14.5 Å². The van der Waals surface area contributed by atoms with Gasteiger partial charge >= 0.3 is 0 Å². The van der Waals surface area contributed by atoms with E-state index in [1.54, 1.807) is 35.0 Å². The molecule has 0 saturated carbocycles. The van der Waals surface area contributed by atoms with Crippen molar-refractivity contribution in [2.24, 2.45) is 0 Å². The first-order valence-corrected chi connectivity index (χ1v) is 11.9. The van der Waals surface area contributed by atoms with Crippen molar-refractivity contribution in [3.8, 4) is 16.9 Å². The minimum absolute atomic E-state index is 0.0562. The Morgan fingerprint density at radius 1 is 1.03 bits per heavy atom. The number of amides is 2. The molecule has 0 spiro atoms. The molecule has 0 unspecified atom stereocenters. The normalized spacial score (nSPS) is 10.9. The van der Waals surface area contributed by atoms with Gasteiger partial charge in [0.2, 0.25) is 11.9 Å². The first kappa shape index (κ1) is 25.4. The van der Waals surface area contributed by atoms with E-state index in [-0.39, 0.29) is 29.5 Å². The fourth-order valence-electron chi connectivity index (χ4n) is 3.61. The summed E-state index contributed by atoms with van der Waals surface area (Å²) in [5, 5.41) is 3.25. The third-order valence-electron chi connectivity index (χ3n) is 5.50. The highest BCUT2D eigenvalue weighted by molar-refractivity contribution is 6.31. The van der Waals surface area contributed by atoms with Crippen LogP contribution >= 0.6 is 23.2 Å². The quantitative estimate of drug-likeness (QED) is 0.301. The summed E-state index contributed by atoms with van der Waals surface area (Å²) < 4.78 is 15.4. The summed E-state index contributed by atoms with van der Waals surface area (Å²) in [5.41, 5.74) is 2.38. The Bertz CT molecular complexity index is 1390. The topological polar surface area (TPSA) is 67.2 Å². The van der Waals surface area contributed by atoms with Crippen LogP contribution in [0.4, 0.5) is 10.3 Å². The number of nitrogens with zero attached hydrogens (tertiary/aromatic N) is 3. The molecule has 3 aromatic carbocycles. The molecule has 0 radical (unpaired) electrons. The lowest BCUT2D eigenvalue weighted by atomic mass is 10.1. The van der Waals surface area contributed by atoms with Gasteiger partial charge in [0.05, 0.1) is 16.4 Å². The van der Waals surface area contributed by atoms with Gasteiger partial charge in [-0.25, -0.2) is 9.37 Å². The third-order valence-corrected chi connectivity index (χ3v) is 6.04. The summed E-state index contributed by atoms with van der Waals surface area (Å²) >= 11 is 11.9. The predicted molar refractivity (Wildman–Crippen MR) is 140 cm³/mol. The number of nitrogens with one attached hydrogen (secondary N) is 1. The van der Waals surface area contributed by atoms with Crippen LogP contribution in [0, 0.1) is 5.82 Å². The summed E-state index contributed by atoms with van der Waals surface area (Å²) in [4.78, 5) is 32.2. The van der Waals surface area contributed by atoms with Crippen LogP contribution < -0.4 is 5.32 Å². The van der Waals surface area contributed by atoms with E-state index >= 15 is 0 Å². The average molecular weight is 525 g/mol. The molecule has 0 bridgehead atoms. The number of imidazole rings is 1. The van der Waals surface area contributed by atoms with E-state index in [1.807, 2.05) is 44.2 Å². The zero-order valence-electron chi connectivity index (χ0n) is 19.6. The SMILES string of the molecule is CC(C)N(CC(=O)Nc1nc(-c2ccccc2)cn1-c1ccc(F)c(Cl)c1)C(=O)c1ccc(Cl)cc1. The predicted octanol–water partition coefficient (Wildman–Crippen LogP) is 6.47. The number of carbonyl (C=O) groups excluding carboxylic acids is 2. The Kier molecular flexibility index (Phi) is 7.72. The molecule has 0 fully saturated rings. The van der Waals surface area contributed by atoms with Gasteiger partial charge in [0, 0.05) is 28.4 Å². The average Bonchev–Trinajstić information content (AvgIpc) is 3.28. The van der Waals surface area contributed by atoms with E-state index in [1.165, 1.54) is 23.1 Å². The van der Waals surface area contributed by atoms with E-state index < -0.39 is 11.7 Å². The molecule has 0 aliphatic rings. The molecule has 4 aromatic rings. The van der Waals surface area contributed by atoms with E-state index in [0.717, 1.165) is 5.56 Å². The lowest BCUT2D eigenvalue weighted by Crippen LogP contribution is -2.42. The van der Waals surface area contributed by atoms with Crippen LogP contribution in [0.1, 0.15) is 24.2 Å². The summed E-state index contributed by atoms with van der Waals surface area (Å²) in [6, 6.07) is 19.9. The van der Waals surface area contributed by atoms with Gasteiger partial charge in [0.1, 0.15) is 12.4 Å². The van der Waals surface area contributed by atoms with Crippen LogP contribution in [0.3, 0.4) is 0 Å². The Balaban J connectivity index is 1.63. The monoisotopic (exact) mass is 524 g/mol. The van der Waals surface area contributed by atoms with Crippen LogP contribution in [0.2, 0.25) is 10.0 Å². The van der Waals surface area contributed by atoms with Crippen molar-refractivity contribution in [3.63, 3.8) is 0 Å². The second kappa shape index (κ2) is 10.9. The molecule has 36 heavy (non-hydrogen) atoms. The Labute approximate surface area is 218 Å². The number of anilines is 1. The molecule has 0 saturated heterocycles. The minimum Gasteiger partial charge on any atom is -0.327 e. The highest BCUT2D eigenvalue weighted by Crippen LogP contribution is 2.26. The molecule has 6 nitrogen and oxygen atoms in total. The first-order valence-electron chi connectivity index (χ1n) is 11.2. The van der Waals surface area contributed by atoms with E-state index in [0.29, 0.717) is 22.0 Å². The maximum absolute atomic E-state index is 13.8. The number of hydrogen-bond donors (Lipinski definition) is 1. The van der Waals surface area contributed by atoms with Crippen LogP contribution in [-0.2, 0) is 4.79 Å². The van der Waals surface area contributed by atoms with E-state index in [2.05, 4.69) is 10.3 Å². The number of halogens is 3. The van der Waals surface area contributed by atoms with Gasteiger partial charge in [0.25, 0.3) is 5.91 Å². The smallest absolute Gasteiger partial charge is 0.254 e. The van der Waals surface area contributed by atoms with Crippen molar-refractivity contribution in [2.45, 2.75) is 19.9 Å². The first-order chi connectivity index (χ1) is 17.2. The Morgan fingerprint density at radius 2 is 1.72 bits per heavy atom. The molecule has 2 amide bonds. The molecular formula is C27H23Cl2FN4O2. The highest BCUT2D eigenvalue weighted by Gasteiger charge is 2.23. The number of carbonyl (C=O) groups is 2. The van der Waals surface area contributed by atoms with E-state index in [9.17, 15) is 14.0 Å². The third kappa shape index (κ3) is 5.75. The van der Waals surface area contributed by atoms with Crippen molar-refractivity contribution in [1.29, 1.82) is 0 Å². The molecule has 1 N–H and O–H groups in total. The van der Waals surface area contributed by atoms with Gasteiger partial charge in [-0.1, -0.05) is 53.5 Å². The zero-order chi connectivity index (χ0) is 25.8. The molecular weight excluding hydrogens is 502 g/mol. The lowest BCUT2D eigenvalue weighted by molar-refractivity contribution is -0.117. The summed E-state index contributed by atoms with van der Waals surface area (Å²) in [6.07, 6.45) is 1.73. The molecule has 4 rings (SSSR count). The maximum Gasteiger partial charge on any atom is 0.254 e. The van der Waals surface area contributed by atoms with Gasteiger partial charge < -0.3 is 4.90 Å². The van der Waals surface area contributed by atoms with Gasteiger partial charge in [-0.15, -0.1) is 0 Å². The molecule has 1 heterocycles. The Hall–Kier alpha value is -3.68. The second-order valence-electron chi connectivity index (χ2n) is 8.37. The fourth-order valence-corrected chi connectivity index (χ4v) is 3.92. The van der Waals surface area contributed by atoms with Gasteiger partial charge in [-0.2, -0.15) is 0 Å². The number of aromatic nitrogens is 2. The van der Waals surface area contributed by atoms with Crippen molar-refractivity contribution < 1.29 is 14.0 Å². The molecule has 1 aromatic heterocycles. The van der Waals surface area contributed by atoms with Crippen molar-refractivity contribution in [3.05, 3.63) is 100 Å². The standard InChI is InChI=1S/C27H23Cl2FN4O2/c1-17(2)33(26(36)19-8-10-20(28)11-9-19)16-25(35)32-27-31-24(18-6-4-3-5-7-18)15-34(27)21-12-13-23(30)22(29)14-21/h3-15,17H,16H2,1-2H3,(H,31,32,35). The van der Waals surface area contributed by atoms with Crippen LogP contribution in [-0.4, -0.2) is 38.9 Å². The second-order valence-corrected chi connectivity index (χ2v) is 9.21. The minimum atomic E-state index is -0.553. The van der Waals surface area contributed by atoms with Crippen molar-refractivity contribution >= 4 is 41.0 Å². The number of rotatable bonds is 7. The zero-order valence-corrected chi connectivity index (χ0v) is 21.1. The number of hydrogen-bond acceptors (Lipinski definition) is 3. The number of benzene rings is 3. The summed E-state index contributed by atoms with van der Waals surface area (Å²) in [7, 11) is 0. The van der Waals surface area contributed by atoms with Crippen LogP contribution in [0.25, 0.3) is 16.9 Å². The van der Waals surface area contributed by atoms with Gasteiger partial charge in [-0.05, 0) is 56.3 Å². The molecule has 0 aliphatic heterocycles. The van der Waals surface area contributed by atoms with Gasteiger partial charge in [-0.3, -0.25) is 19.5 Å². The van der Waals surface area contributed by atoms with Crippen LogP contribution in [0.15, 0.2) is 79.0 Å². The van der Waals surface area contributed by atoms with Crippen molar-refractivity contribution in [2.75, 3.05) is 11.9 Å². The molecule has 0 aliphatic carbocycles. The summed E-state index contributed by atoms with van der Waals surface area (Å²) in [5.74, 6) is -1.08. The van der Waals surface area contributed by atoms with Gasteiger partial charge in [0.15, 0.2) is 0 Å². The van der Waals surface area contributed by atoms with E-state index in [4.69, 9.17) is 23.2 Å². The highest BCUT2D eigenvalue weighted by atomic mass is 35.5.